The fraction of sp³-hybridized carbons (Fsp3) is 0.375. The molecule has 0 bridgehead atoms. The molecule has 0 radical (unpaired) electrons. The molecule has 64 valence electrons. The van der Waals surface area contributed by atoms with Gasteiger partial charge in [-0.15, -0.1) is 0 Å². The molecule has 4 nitrogen and oxygen atoms in total. The summed E-state index contributed by atoms with van der Waals surface area (Å²) in [4.78, 5) is 10.7. The minimum Gasteiger partial charge on any atom is -0.481 e. The van der Waals surface area contributed by atoms with Gasteiger partial charge in [-0.1, -0.05) is 0 Å². The predicted octanol–water partition coefficient (Wildman–Crippen LogP) is 0.551. The number of furan rings is 1. The van der Waals surface area contributed by atoms with Crippen molar-refractivity contribution in [3.8, 4) is 0 Å². The van der Waals surface area contributed by atoms with E-state index in [0.717, 1.165) is 11.3 Å². The summed E-state index contributed by atoms with van der Waals surface area (Å²) in [5, 5.41) is 11.8. The van der Waals surface area contributed by atoms with Gasteiger partial charge < -0.3 is 14.8 Å². The van der Waals surface area contributed by atoms with E-state index < -0.39 is 11.9 Å². The van der Waals surface area contributed by atoms with Gasteiger partial charge in [-0.25, -0.2) is 0 Å². The van der Waals surface area contributed by atoms with E-state index in [1.807, 2.05) is 0 Å². The average Bonchev–Trinajstić information content (AvgIpc) is 2.49. The van der Waals surface area contributed by atoms with E-state index in [2.05, 4.69) is 5.32 Å². The maximum atomic E-state index is 10.7. The lowest BCUT2D eigenvalue weighted by Crippen LogP contribution is -2.31. The Morgan fingerprint density at radius 3 is 3.33 bits per heavy atom. The Kier molecular flexibility index (Phi) is 1.62. The van der Waals surface area contributed by atoms with Crippen molar-refractivity contribution in [1.82, 2.24) is 5.32 Å². The number of aliphatic carboxylic acids is 1. The summed E-state index contributed by atoms with van der Waals surface area (Å²) in [5.41, 5.74) is 0.807. The number of carbonyl (C=O) groups is 1. The van der Waals surface area contributed by atoms with Gasteiger partial charge in [0.1, 0.15) is 5.76 Å². The first-order valence-electron chi connectivity index (χ1n) is 3.79. The monoisotopic (exact) mass is 167 g/mol. The fourth-order valence-corrected chi connectivity index (χ4v) is 1.46. The van der Waals surface area contributed by atoms with Crippen LogP contribution in [0.4, 0.5) is 0 Å². The van der Waals surface area contributed by atoms with Crippen molar-refractivity contribution in [3.63, 3.8) is 0 Å². The van der Waals surface area contributed by atoms with Crippen LogP contribution in [0.1, 0.15) is 17.2 Å². The molecule has 1 aromatic rings. The van der Waals surface area contributed by atoms with Gasteiger partial charge in [0.15, 0.2) is 0 Å². The van der Waals surface area contributed by atoms with Crippen molar-refractivity contribution >= 4 is 5.97 Å². The predicted molar refractivity (Wildman–Crippen MR) is 40.8 cm³/mol. The molecule has 1 atom stereocenters. The lowest BCUT2D eigenvalue weighted by atomic mass is 9.97. The van der Waals surface area contributed by atoms with Crippen LogP contribution in [0.5, 0.6) is 0 Å². The maximum Gasteiger partial charge on any atom is 0.312 e. The summed E-state index contributed by atoms with van der Waals surface area (Å²) in [5.74, 6) is -0.508. The molecule has 1 aromatic heterocycles. The number of hydrogen-bond donors (Lipinski definition) is 2. The number of hydrogen-bond acceptors (Lipinski definition) is 3. The average molecular weight is 167 g/mol. The number of carboxylic acid groups (broad SMARTS) is 1. The van der Waals surface area contributed by atoms with Crippen molar-refractivity contribution in [1.29, 1.82) is 0 Å². The largest absolute Gasteiger partial charge is 0.481 e. The molecule has 1 unspecified atom stereocenters. The van der Waals surface area contributed by atoms with E-state index >= 15 is 0 Å². The van der Waals surface area contributed by atoms with Gasteiger partial charge in [-0.2, -0.15) is 0 Å². The number of nitrogens with one attached hydrogen (secondary N) is 1. The molecule has 1 aliphatic heterocycles. The Labute approximate surface area is 69.2 Å². The second-order valence-corrected chi connectivity index (χ2v) is 2.82. The highest BCUT2D eigenvalue weighted by atomic mass is 16.4. The lowest BCUT2D eigenvalue weighted by Gasteiger charge is -2.18. The molecule has 0 saturated heterocycles. The van der Waals surface area contributed by atoms with Gasteiger partial charge in [0.2, 0.25) is 0 Å². The lowest BCUT2D eigenvalue weighted by molar-refractivity contribution is -0.138. The van der Waals surface area contributed by atoms with Crippen molar-refractivity contribution in [2.75, 3.05) is 6.54 Å². The minimum absolute atomic E-state index is 0.451. The van der Waals surface area contributed by atoms with Crippen LogP contribution in [-0.4, -0.2) is 17.6 Å². The smallest absolute Gasteiger partial charge is 0.312 e. The highest BCUT2D eigenvalue weighted by molar-refractivity contribution is 5.77. The Hall–Kier alpha value is -1.29. The molecule has 0 aliphatic carbocycles. The Morgan fingerprint density at radius 2 is 2.58 bits per heavy atom. The fourth-order valence-electron chi connectivity index (χ4n) is 1.46. The molecule has 4 heteroatoms. The standard InChI is InChI=1S/C8H9NO3/c10-8(11)6-3-9-4-7-5(6)1-2-12-7/h1-2,6,9H,3-4H2,(H,10,11). The van der Waals surface area contributed by atoms with E-state index in [0.29, 0.717) is 13.1 Å². The van der Waals surface area contributed by atoms with Gasteiger partial charge in [0, 0.05) is 12.1 Å². The molecule has 0 saturated carbocycles. The molecule has 1 aliphatic rings. The van der Waals surface area contributed by atoms with Gasteiger partial charge in [0.25, 0.3) is 0 Å². The zero-order valence-electron chi connectivity index (χ0n) is 6.41. The van der Waals surface area contributed by atoms with Crippen LogP contribution in [0.25, 0.3) is 0 Å². The third kappa shape index (κ3) is 1.00. The number of rotatable bonds is 1. The topological polar surface area (TPSA) is 62.5 Å². The Bertz CT molecular complexity index is 305. The second-order valence-electron chi connectivity index (χ2n) is 2.82. The number of fused-ring (bicyclic) bond motifs is 1. The van der Waals surface area contributed by atoms with Gasteiger partial charge in [-0.3, -0.25) is 4.79 Å². The molecule has 0 fully saturated rings. The summed E-state index contributed by atoms with van der Waals surface area (Å²) >= 11 is 0. The van der Waals surface area contributed by atoms with Gasteiger partial charge in [-0.05, 0) is 6.07 Å². The molecule has 0 amide bonds. The van der Waals surface area contributed by atoms with Gasteiger partial charge in [0.05, 0.1) is 18.7 Å². The summed E-state index contributed by atoms with van der Waals surface area (Å²) < 4.78 is 5.11. The van der Waals surface area contributed by atoms with Crippen molar-refractivity contribution in [2.24, 2.45) is 0 Å². The molecule has 2 rings (SSSR count). The van der Waals surface area contributed by atoms with E-state index in [4.69, 9.17) is 9.52 Å². The van der Waals surface area contributed by atoms with Crippen LogP contribution in [0.15, 0.2) is 16.7 Å². The van der Waals surface area contributed by atoms with Crippen LogP contribution in [-0.2, 0) is 11.3 Å². The quantitative estimate of drug-likeness (QED) is 0.641. The molecule has 2 N–H and O–H groups in total. The molecule has 0 spiro atoms. The van der Waals surface area contributed by atoms with Crippen molar-refractivity contribution < 1.29 is 14.3 Å². The zero-order chi connectivity index (χ0) is 8.55. The zero-order valence-corrected chi connectivity index (χ0v) is 6.41. The molecule has 12 heavy (non-hydrogen) atoms. The normalized spacial score (nSPS) is 21.8. The Morgan fingerprint density at radius 1 is 1.75 bits per heavy atom. The van der Waals surface area contributed by atoms with Crippen LogP contribution < -0.4 is 5.32 Å². The highest BCUT2D eigenvalue weighted by Crippen LogP contribution is 2.24. The van der Waals surface area contributed by atoms with E-state index in [9.17, 15) is 4.79 Å². The van der Waals surface area contributed by atoms with Crippen LogP contribution in [0, 0.1) is 0 Å². The van der Waals surface area contributed by atoms with Crippen LogP contribution in [0.2, 0.25) is 0 Å². The van der Waals surface area contributed by atoms with Crippen LogP contribution >= 0.6 is 0 Å². The minimum atomic E-state index is -0.801. The first-order chi connectivity index (χ1) is 5.79. The maximum absolute atomic E-state index is 10.7. The second kappa shape index (κ2) is 2.64. The first-order valence-corrected chi connectivity index (χ1v) is 3.79. The number of carboxylic acids is 1. The molecule has 2 heterocycles. The summed E-state index contributed by atoms with van der Waals surface area (Å²) in [6.07, 6.45) is 1.54. The summed E-state index contributed by atoms with van der Waals surface area (Å²) in [6.45, 7) is 1.12. The summed E-state index contributed by atoms with van der Waals surface area (Å²) in [7, 11) is 0. The molecular formula is C8H9NO3. The van der Waals surface area contributed by atoms with Gasteiger partial charge >= 0.3 is 5.97 Å². The van der Waals surface area contributed by atoms with Crippen molar-refractivity contribution in [3.05, 3.63) is 23.7 Å². The Balaban J connectivity index is 2.37. The van der Waals surface area contributed by atoms with E-state index in [-0.39, 0.29) is 0 Å². The van der Waals surface area contributed by atoms with Crippen LogP contribution in [0.3, 0.4) is 0 Å². The highest BCUT2D eigenvalue weighted by Gasteiger charge is 2.27. The van der Waals surface area contributed by atoms with E-state index in [1.165, 1.54) is 6.26 Å². The first kappa shape index (κ1) is 7.36. The third-order valence-electron chi connectivity index (χ3n) is 2.09. The SMILES string of the molecule is O=C(O)C1CNCc2occc21. The van der Waals surface area contributed by atoms with E-state index in [1.54, 1.807) is 6.07 Å². The summed E-state index contributed by atoms with van der Waals surface area (Å²) in [6, 6.07) is 1.73. The molecule has 0 aromatic carbocycles. The third-order valence-corrected chi connectivity index (χ3v) is 2.09. The molecular weight excluding hydrogens is 158 g/mol. The van der Waals surface area contributed by atoms with Crippen molar-refractivity contribution in [2.45, 2.75) is 12.5 Å².